The third-order valence-corrected chi connectivity index (χ3v) is 7.71. The lowest BCUT2D eigenvalue weighted by Crippen LogP contribution is -2.50. The van der Waals surface area contributed by atoms with E-state index in [0.717, 1.165) is 38.8 Å². The normalized spacial score (nSPS) is 20.5. The smallest absolute Gasteiger partial charge is 0.266 e. The number of aromatic nitrogens is 1. The number of rotatable bonds is 5. The number of oxazole rings is 1. The minimum absolute atomic E-state index is 0.0637. The van der Waals surface area contributed by atoms with Crippen molar-refractivity contribution >= 4 is 17.7 Å². The number of nitrogens with one attached hydrogen (secondary N) is 1. The topological polar surface area (TPSA) is 116 Å². The quantitative estimate of drug-likeness (QED) is 0.695. The van der Waals surface area contributed by atoms with E-state index >= 15 is 0 Å². The van der Waals surface area contributed by atoms with Crippen molar-refractivity contribution in [3.05, 3.63) is 24.1 Å². The van der Waals surface area contributed by atoms with Crippen molar-refractivity contribution in [2.24, 2.45) is 11.8 Å². The van der Waals surface area contributed by atoms with Gasteiger partial charge in [0, 0.05) is 44.1 Å². The van der Waals surface area contributed by atoms with E-state index in [1.165, 1.54) is 25.5 Å². The molecular formula is C26H33N5O4. The first kappa shape index (κ1) is 23.5. The Morgan fingerprint density at radius 3 is 2.40 bits per heavy atom. The highest BCUT2D eigenvalue weighted by Crippen LogP contribution is 2.31. The predicted octanol–water partition coefficient (Wildman–Crippen LogP) is 3.71. The van der Waals surface area contributed by atoms with E-state index in [0.29, 0.717) is 43.5 Å². The van der Waals surface area contributed by atoms with Gasteiger partial charge >= 0.3 is 0 Å². The van der Waals surface area contributed by atoms with Crippen molar-refractivity contribution < 1.29 is 18.4 Å². The number of furan rings is 1. The lowest BCUT2D eigenvalue weighted by Gasteiger charge is -2.36. The van der Waals surface area contributed by atoms with Gasteiger partial charge in [0.05, 0.1) is 6.26 Å². The molecule has 4 heterocycles. The number of anilines is 1. The molecule has 9 heteroatoms. The molecule has 35 heavy (non-hydrogen) atoms. The van der Waals surface area contributed by atoms with Gasteiger partial charge in [-0.3, -0.25) is 9.59 Å². The van der Waals surface area contributed by atoms with Crippen LogP contribution in [-0.2, 0) is 9.59 Å². The van der Waals surface area contributed by atoms with Gasteiger partial charge in [0.2, 0.25) is 23.4 Å². The lowest BCUT2D eigenvalue weighted by molar-refractivity contribution is -0.137. The van der Waals surface area contributed by atoms with E-state index in [1.54, 1.807) is 12.1 Å². The fourth-order valence-electron chi connectivity index (χ4n) is 5.62. The molecule has 2 aliphatic heterocycles. The summed E-state index contributed by atoms with van der Waals surface area (Å²) in [6, 6.07) is 5.71. The van der Waals surface area contributed by atoms with Gasteiger partial charge in [-0.1, -0.05) is 19.3 Å². The summed E-state index contributed by atoms with van der Waals surface area (Å²) in [6.07, 6.45) is 10.2. The first-order chi connectivity index (χ1) is 17.1. The molecule has 0 bridgehead atoms. The molecule has 0 aromatic carbocycles. The third-order valence-electron chi connectivity index (χ3n) is 7.71. The van der Waals surface area contributed by atoms with Crippen molar-refractivity contribution in [2.45, 2.75) is 63.8 Å². The van der Waals surface area contributed by atoms with E-state index in [2.05, 4.69) is 16.4 Å². The molecule has 1 N–H and O–H groups in total. The van der Waals surface area contributed by atoms with Crippen LogP contribution in [0.25, 0.3) is 11.7 Å². The summed E-state index contributed by atoms with van der Waals surface area (Å²) in [5, 5.41) is 12.7. The number of carbonyl (C=O) groups excluding carboxylic acids is 2. The number of nitrogens with zero attached hydrogens (tertiary/aromatic N) is 4. The van der Waals surface area contributed by atoms with Crippen LogP contribution in [0, 0.1) is 23.2 Å². The zero-order chi connectivity index (χ0) is 24.2. The van der Waals surface area contributed by atoms with Crippen molar-refractivity contribution in [2.75, 3.05) is 31.1 Å². The average Bonchev–Trinajstić information content (AvgIpc) is 3.59. The van der Waals surface area contributed by atoms with Gasteiger partial charge in [-0.05, 0) is 50.7 Å². The summed E-state index contributed by atoms with van der Waals surface area (Å²) in [6.45, 7) is 2.71. The molecule has 0 spiro atoms. The number of nitriles is 1. The Bertz CT molecular complexity index is 1050. The Morgan fingerprint density at radius 1 is 1.00 bits per heavy atom. The molecule has 3 aliphatic rings. The molecule has 0 radical (unpaired) electrons. The molecule has 5 rings (SSSR count). The van der Waals surface area contributed by atoms with Gasteiger partial charge in [0.25, 0.3) is 5.89 Å². The number of piperidine rings is 2. The predicted molar refractivity (Wildman–Crippen MR) is 128 cm³/mol. The number of amides is 2. The van der Waals surface area contributed by atoms with Crippen molar-refractivity contribution in [1.29, 1.82) is 5.26 Å². The molecule has 0 atom stereocenters. The Labute approximate surface area is 205 Å². The maximum Gasteiger partial charge on any atom is 0.266 e. The van der Waals surface area contributed by atoms with Gasteiger partial charge < -0.3 is 24.0 Å². The maximum absolute atomic E-state index is 12.9. The number of hydrogen-bond donors (Lipinski definition) is 1. The van der Waals surface area contributed by atoms with Gasteiger partial charge in [0.1, 0.15) is 6.07 Å². The molecule has 2 aromatic rings. The molecular weight excluding hydrogens is 446 g/mol. The van der Waals surface area contributed by atoms with E-state index in [1.807, 2.05) is 9.80 Å². The SMILES string of the molecule is N#Cc1nc(-c2ccco2)oc1N1CCC(C(=O)NC2CCN(C(=O)C3CCCCC3)CC2)CC1. The Kier molecular flexibility index (Phi) is 7.07. The Balaban J connectivity index is 1.09. The van der Waals surface area contributed by atoms with Gasteiger partial charge in [0.15, 0.2) is 5.76 Å². The summed E-state index contributed by atoms with van der Waals surface area (Å²) in [4.78, 5) is 34.0. The number of likely N-dealkylation sites (tertiary alicyclic amines) is 1. The van der Waals surface area contributed by atoms with E-state index < -0.39 is 0 Å². The summed E-state index contributed by atoms with van der Waals surface area (Å²) >= 11 is 0. The highest BCUT2D eigenvalue weighted by atomic mass is 16.4. The molecule has 1 aliphatic carbocycles. The van der Waals surface area contributed by atoms with Crippen LogP contribution in [0.3, 0.4) is 0 Å². The number of hydrogen-bond acceptors (Lipinski definition) is 7. The van der Waals surface area contributed by atoms with E-state index in [9.17, 15) is 14.9 Å². The van der Waals surface area contributed by atoms with E-state index in [-0.39, 0.29) is 35.4 Å². The second-order valence-corrected chi connectivity index (χ2v) is 9.97. The summed E-state index contributed by atoms with van der Waals surface area (Å²) in [7, 11) is 0. The van der Waals surface area contributed by atoms with Gasteiger partial charge in [-0.25, -0.2) is 0 Å². The van der Waals surface area contributed by atoms with Crippen LogP contribution in [0.1, 0.15) is 63.5 Å². The maximum atomic E-state index is 12.9. The second kappa shape index (κ2) is 10.5. The lowest BCUT2D eigenvalue weighted by atomic mass is 9.87. The van der Waals surface area contributed by atoms with Crippen LogP contribution in [0.2, 0.25) is 0 Å². The van der Waals surface area contributed by atoms with Crippen LogP contribution < -0.4 is 10.2 Å². The molecule has 0 unspecified atom stereocenters. The standard InChI is InChI=1S/C26H33N5O4/c27-17-21-26(35-24(29-21)22-7-4-16-34-22)31-12-8-18(9-13-31)23(32)28-20-10-14-30(15-11-20)25(33)19-5-2-1-3-6-19/h4,7,16,18-20H,1-3,5-6,8-15H2,(H,28,32). The summed E-state index contributed by atoms with van der Waals surface area (Å²) in [5.41, 5.74) is 0.230. The Hall–Kier alpha value is -3.28. The molecule has 1 saturated carbocycles. The highest BCUT2D eigenvalue weighted by molar-refractivity contribution is 5.80. The molecule has 2 amide bonds. The monoisotopic (exact) mass is 479 g/mol. The third kappa shape index (κ3) is 5.21. The first-order valence-corrected chi connectivity index (χ1v) is 12.9. The molecule has 2 aromatic heterocycles. The van der Waals surface area contributed by atoms with Crippen molar-refractivity contribution in [1.82, 2.24) is 15.2 Å². The minimum atomic E-state index is -0.0637. The van der Waals surface area contributed by atoms with Crippen molar-refractivity contribution in [3.63, 3.8) is 0 Å². The van der Waals surface area contributed by atoms with Crippen LogP contribution in [0.15, 0.2) is 27.2 Å². The largest absolute Gasteiger partial charge is 0.459 e. The van der Waals surface area contributed by atoms with Gasteiger partial charge in [-0.2, -0.15) is 10.2 Å². The fourth-order valence-corrected chi connectivity index (χ4v) is 5.62. The molecule has 9 nitrogen and oxygen atoms in total. The summed E-state index contributed by atoms with van der Waals surface area (Å²) < 4.78 is 11.2. The van der Waals surface area contributed by atoms with E-state index in [4.69, 9.17) is 8.83 Å². The van der Waals surface area contributed by atoms with Crippen LogP contribution in [-0.4, -0.2) is 53.9 Å². The summed E-state index contributed by atoms with van der Waals surface area (Å²) in [5.74, 6) is 1.76. The zero-order valence-electron chi connectivity index (χ0n) is 20.1. The fraction of sp³-hybridized carbons (Fsp3) is 0.615. The van der Waals surface area contributed by atoms with Crippen LogP contribution >= 0.6 is 0 Å². The van der Waals surface area contributed by atoms with Crippen LogP contribution in [0.4, 0.5) is 5.88 Å². The van der Waals surface area contributed by atoms with Gasteiger partial charge in [-0.15, -0.1) is 0 Å². The number of carbonyl (C=O) groups is 2. The molecule has 3 fully saturated rings. The minimum Gasteiger partial charge on any atom is -0.459 e. The zero-order valence-corrected chi connectivity index (χ0v) is 20.1. The van der Waals surface area contributed by atoms with Crippen LogP contribution in [0.5, 0.6) is 0 Å². The molecule has 2 saturated heterocycles. The molecule has 186 valence electrons. The highest BCUT2D eigenvalue weighted by Gasteiger charge is 2.32. The Morgan fingerprint density at radius 2 is 1.74 bits per heavy atom. The first-order valence-electron chi connectivity index (χ1n) is 12.9. The second-order valence-electron chi connectivity index (χ2n) is 9.97. The van der Waals surface area contributed by atoms with Crippen molar-refractivity contribution in [3.8, 4) is 17.7 Å². The average molecular weight is 480 g/mol.